The second-order valence-electron chi connectivity index (χ2n) is 6.97. The van der Waals surface area contributed by atoms with Crippen LogP contribution in [-0.4, -0.2) is 29.3 Å². The predicted molar refractivity (Wildman–Crippen MR) is 124 cm³/mol. The molecule has 6 heteroatoms. The number of thioether (sulfide) groups is 1. The van der Waals surface area contributed by atoms with E-state index in [1.165, 1.54) is 4.90 Å². The molecule has 1 fully saturated rings. The van der Waals surface area contributed by atoms with E-state index in [0.717, 1.165) is 33.7 Å². The number of hydrogen-bond acceptors (Lipinski definition) is 5. The molecule has 158 valence electrons. The molecule has 0 aliphatic carbocycles. The molecule has 0 aromatic heterocycles. The average molecular weight is 434 g/mol. The highest BCUT2D eigenvalue weighted by Gasteiger charge is 2.35. The normalized spacial score (nSPS) is 15.2. The van der Waals surface area contributed by atoms with Gasteiger partial charge < -0.3 is 9.47 Å². The summed E-state index contributed by atoms with van der Waals surface area (Å²) in [6.07, 6.45) is 1.72. The molecule has 0 bridgehead atoms. The Morgan fingerprint density at radius 1 is 0.935 bits per heavy atom. The van der Waals surface area contributed by atoms with Crippen LogP contribution in [-0.2, 0) is 11.3 Å². The first kappa shape index (κ1) is 21.0. The fourth-order valence-corrected chi connectivity index (χ4v) is 4.38. The second kappa shape index (κ2) is 9.27. The summed E-state index contributed by atoms with van der Waals surface area (Å²) in [7, 11) is 0. The fourth-order valence-electron chi connectivity index (χ4n) is 3.55. The van der Waals surface area contributed by atoms with Gasteiger partial charge in [-0.2, -0.15) is 0 Å². The van der Waals surface area contributed by atoms with Gasteiger partial charge in [0.2, 0.25) is 0 Å². The highest BCUT2D eigenvalue weighted by molar-refractivity contribution is 8.18. The Morgan fingerprint density at radius 3 is 2.52 bits per heavy atom. The van der Waals surface area contributed by atoms with Crippen LogP contribution in [0.15, 0.2) is 65.6 Å². The van der Waals surface area contributed by atoms with Crippen molar-refractivity contribution < 1.29 is 19.1 Å². The molecule has 0 saturated carbocycles. The third-order valence-corrected chi connectivity index (χ3v) is 5.87. The third kappa shape index (κ3) is 4.44. The van der Waals surface area contributed by atoms with Crippen molar-refractivity contribution in [3.8, 4) is 11.5 Å². The summed E-state index contributed by atoms with van der Waals surface area (Å²) in [5.74, 6) is 1.03. The zero-order valence-electron chi connectivity index (χ0n) is 17.5. The summed E-state index contributed by atoms with van der Waals surface area (Å²) >= 11 is 0.954. The summed E-state index contributed by atoms with van der Waals surface area (Å²) in [4.78, 5) is 27.4. The van der Waals surface area contributed by atoms with Crippen molar-refractivity contribution in [2.75, 3.05) is 13.2 Å². The van der Waals surface area contributed by atoms with Gasteiger partial charge in [0.25, 0.3) is 11.1 Å². The molecule has 1 aliphatic rings. The number of fused-ring (bicyclic) bond motifs is 1. The monoisotopic (exact) mass is 433 g/mol. The summed E-state index contributed by atoms with van der Waals surface area (Å²) in [5.41, 5.74) is 1.68. The third-order valence-electron chi connectivity index (χ3n) is 4.96. The van der Waals surface area contributed by atoms with E-state index in [1.54, 1.807) is 12.1 Å². The molecule has 31 heavy (non-hydrogen) atoms. The van der Waals surface area contributed by atoms with Crippen LogP contribution in [0.5, 0.6) is 11.5 Å². The van der Waals surface area contributed by atoms with Gasteiger partial charge in [-0.25, -0.2) is 0 Å². The van der Waals surface area contributed by atoms with Crippen LogP contribution in [0.1, 0.15) is 25.0 Å². The Labute approximate surface area is 185 Å². The van der Waals surface area contributed by atoms with E-state index in [1.807, 2.05) is 68.4 Å². The van der Waals surface area contributed by atoms with E-state index in [-0.39, 0.29) is 17.7 Å². The number of benzene rings is 3. The predicted octanol–water partition coefficient (Wildman–Crippen LogP) is 5.87. The summed E-state index contributed by atoms with van der Waals surface area (Å²) in [6, 6.07) is 19.4. The van der Waals surface area contributed by atoms with Gasteiger partial charge in [0.1, 0.15) is 11.5 Å². The minimum absolute atomic E-state index is 0.241. The van der Waals surface area contributed by atoms with Gasteiger partial charge in [0.05, 0.1) is 24.7 Å². The van der Waals surface area contributed by atoms with Gasteiger partial charge in [-0.05, 0) is 60.2 Å². The molecule has 3 aromatic rings. The van der Waals surface area contributed by atoms with Gasteiger partial charge >= 0.3 is 0 Å². The largest absolute Gasteiger partial charge is 0.494 e. The minimum Gasteiger partial charge on any atom is -0.494 e. The lowest BCUT2D eigenvalue weighted by Gasteiger charge is -2.14. The van der Waals surface area contributed by atoms with Crippen LogP contribution in [0, 0.1) is 0 Å². The van der Waals surface area contributed by atoms with Crippen molar-refractivity contribution in [2.45, 2.75) is 20.4 Å². The molecule has 0 unspecified atom stereocenters. The first-order chi connectivity index (χ1) is 15.1. The zero-order chi connectivity index (χ0) is 21.8. The Balaban J connectivity index is 1.62. The molecule has 1 aliphatic heterocycles. The van der Waals surface area contributed by atoms with Crippen molar-refractivity contribution in [1.82, 2.24) is 4.90 Å². The molecule has 0 radical (unpaired) electrons. The number of imide groups is 1. The van der Waals surface area contributed by atoms with Crippen LogP contribution >= 0.6 is 11.8 Å². The van der Waals surface area contributed by atoms with E-state index in [2.05, 4.69) is 0 Å². The number of nitrogens with zero attached hydrogens (tertiary/aromatic N) is 1. The summed E-state index contributed by atoms with van der Waals surface area (Å²) < 4.78 is 11.3. The highest BCUT2D eigenvalue weighted by Crippen LogP contribution is 2.36. The summed E-state index contributed by atoms with van der Waals surface area (Å²) in [6.45, 7) is 5.09. The van der Waals surface area contributed by atoms with Crippen molar-refractivity contribution in [3.05, 3.63) is 76.7 Å². The number of carbonyl (C=O) groups excluding carboxylic acids is 2. The molecular formula is C25H23NO4S. The molecule has 0 spiro atoms. The summed E-state index contributed by atoms with van der Waals surface area (Å²) in [5, 5.41) is 1.85. The maximum Gasteiger partial charge on any atom is 0.293 e. The van der Waals surface area contributed by atoms with Crippen molar-refractivity contribution in [1.29, 1.82) is 0 Å². The number of hydrogen-bond donors (Lipinski definition) is 0. The van der Waals surface area contributed by atoms with E-state index < -0.39 is 0 Å². The molecule has 5 nitrogen and oxygen atoms in total. The molecule has 0 N–H and O–H groups in total. The van der Waals surface area contributed by atoms with Crippen LogP contribution in [0.4, 0.5) is 4.79 Å². The van der Waals surface area contributed by atoms with Crippen LogP contribution in [0.3, 0.4) is 0 Å². The van der Waals surface area contributed by atoms with Gasteiger partial charge in [-0.15, -0.1) is 0 Å². The maximum absolute atomic E-state index is 13.0. The Hall–Kier alpha value is -3.25. The molecule has 3 aromatic carbocycles. The number of ether oxygens (including phenoxy) is 2. The van der Waals surface area contributed by atoms with E-state index >= 15 is 0 Å². The number of carbonyl (C=O) groups is 2. The first-order valence-corrected chi connectivity index (χ1v) is 11.0. The maximum atomic E-state index is 13.0. The molecule has 1 heterocycles. The average Bonchev–Trinajstić information content (AvgIpc) is 3.03. The molecule has 2 amide bonds. The smallest absolute Gasteiger partial charge is 0.293 e. The Kier molecular flexibility index (Phi) is 6.28. The number of amides is 2. The van der Waals surface area contributed by atoms with Crippen LogP contribution < -0.4 is 9.47 Å². The van der Waals surface area contributed by atoms with Gasteiger partial charge in [-0.1, -0.05) is 42.5 Å². The number of rotatable bonds is 7. The van der Waals surface area contributed by atoms with E-state index in [0.29, 0.717) is 29.6 Å². The topological polar surface area (TPSA) is 55.8 Å². The Bertz CT molecular complexity index is 1170. The zero-order valence-corrected chi connectivity index (χ0v) is 18.3. The fraction of sp³-hybridized carbons (Fsp3) is 0.200. The lowest BCUT2D eigenvalue weighted by atomic mass is 10.0. The SMILES string of the molecule is CCOc1ccc(/C=C2\SC(=O)N(Cc3cccc4ccccc34)C2=O)c(OCC)c1. The first-order valence-electron chi connectivity index (χ1n) is 10.2. The minimum atomic E-state index is -0.292. The van der Waals surface area contributed by atoms with E-state index in [9.17, 15) is 9.59 Å². The van der Waals surface area contributed by atoms with E-state index in [4.69, 9.17) is 9.47 Å². The quantitative estimate of drug-likeness (QED) is 0.436. The van der Waals surface area contributed by atoms with Crippen molar-refractivity contribution in [2.24, 2.45) is 0 Å². The van der Waals surface area contributed by atoms with Crippen molar-refractivity contribution >= 4 is 39.8 Å². The standard InChI is InChI=1S/C25H23NO4S/c1-3-29-20-13-12-18(22(15-20)30-4-2)14-23-24(27)26(25(28)31-23)16-19-10-7-9-17-8-5-6-11-21(17)19/h5-15H,3-4,16H2,1-2H3/b23-14-. The molecule has 0 atom stereocenters. The second-order valence-corrected chi connectivity index (χ2v) is 7.96. The lowest BCUT2D eigenvalue weighted by molar-refractivity contribution is -0.123. The van der Waals surface area contributed by atoms with Gasteiger partial charge in [0, 0.05) is 11.6 Å². The highest BCUT2D eigenvalue weighted by atomic mass is 32.2. The molecule has 4 rings (SSSR count). The van der Waals surface area contributed by atoms with Gasteiger partial charge in [-0.3, -0.25) is 14.5 Å². The van der Waals surface area contributed by atoms with Crippen LogP contribution in [0.25, 0.3) is 16.8 Å². The van der Waals surface area contributed by atoms with Gasteiger partial charge in [0.15, 0.2) is 0 Å². The molecular weight excluding hydrogens is 410 g/mol. The molecule has 1 saturated heterocycles. The van der Waals surface area contributed by atoms with Crippen molar-refractivity contribution in [3.63, 3.8) is 0 Å². The Morgan fingerprint density at radius 2 is 1.71 bits per heavy atom. The van der Waals surface area contributed by atoms with Crippen LogP contribution in [0.2, 0.25) is 0 Å². The lowest BCUT2D eigenvalue weighted by Crippen LogP contribution is -2.27.